The summed E-state index contributed by atoms with van der Waals surface area (Å²) in [7, 11) is 0. The first-order chi connectivity index (χ1) is 8.69. The van der Waals surface area contributed by atoms with Crippen molar-refractivity contribution in [2.75, 3.05) is 5.73 Å². The van der Waals surface area contributed by atoms with Gasteiger partial charge in [0, 0.05) is 11.3 Å². The molecule has 0 unspecified atom stereocenters. The Balaban J connectivity index is 2.10. The number of aldehydes is 1. The van der Waals surface area contributed by atoms with Gasteiger partial charge in [-0.3, -0.25) is 4.79 Å². The van der Waals surface area contributed by atoms with Gasteiger partial charge in [-0.15, -0.1) is 0 Å². The second-order valence-corrected chi connectivity index (χ2v) is 3.70. The standard InChI is InChI=1S/C14H11NO3/c15-12-5-3-11(4-6-12)14(17)18-13-7-1-10(9-16)2-8-13/h1-9H,15H2. The monoisotopic (exact) mass is 241 g/mol. The second-order valence-electron chi connectivity index (χ2n) is 3.70. The summed E-state index contributed by atoms with van der Waals surface area (Å²) in [5.41, 5.74) is 7.06. The molecule has 2 aromatic carbocycles. The van der Waals surface area contributed by atoms with Gasteiger partial charge in [0.05, 0.1) is 5.56 Å². The Morgan fingerprint density at radius 1 is 1.00 bits per heavy atom. The zero-order chi connectivity index (χ0) is 13.0. The van der Waals surface area contributed by atoms with Crippen LogP contribution in [0.1, 0.15) is 20.7 Å². The second kappa shape index (κ2) is 5.14. The van der Waals surface area contributed by atoms with Gasteiger partial charge < -0.3 is 10.5 Å². The van der Waals surface area contributed by atoms with Gasteiger partial charge in [0.15, 0.2) is 0 Å². The number of rotatable bonds is 3. The Kier molecular flexibility index (Phi) is 3.38. The molecule has 4 heteroatoms. The Hall–Kier alpha value is -2.62. The van der Waals surface area contributed by atoms with Crippen LogP contribution in [-0.4, -0.2) is 12.3 Å². The first-order valence-corrected chi connectivity index (χ1v) is 5.32. The summed E-state index contributed by atoms with van der Waals surface area (Å²) >= 11 is 0. The Morgan fingerprint density at radius 2 is 1.61 bits per heavy atom. The van der Waals surface area contributed by atoms with Gasteiger partial charge in [-0.25, -0.2) is 4.79 Å². The van der Waals surface area contributed by atoms with Crippen molar-refractivity contribution in [1.82, 2.24) is 0 Å². The van der Waals surface area contributed by atoms with Gasteiger partial charge in [-0.1, -0.05) is 0 Å². The molecule has 0 fully saturated rings. The Morgan fingerprint density at radius 3 is 2.17 bits per heavy atom. The topological polar surface area (TPSA) is 69.4 Å². The van der Waals surface area contributed by atoms with E-state index in [-0.39, 0.29) is 0 Å². The molecule has 0 atom stereocenters. The van der Waals surface area contributed by atoms with Crippen LogP contribution < -0.4 is 10.5 Å². The minimum atomic E-state index is -0.464. The van der Waals surface area contributed by atoms with E-state index >= 15 is 0 Å². The third kappa shape index (κ3) is 2.74. The number of carbonyl (C=O) groups is 2. The lowest BCUT2D eigenvalue weighted by Gasteiger charge is -2.04. The van der Waals surface area contributed by atoms with Gasteiger partial charge >= 0.3 is 5.97 Å². The molecule has 0 aliphatic carbocycles. The minimum Gasteiger partial charge on any atom is -0.423 e. The zero-order valence-corrected chi connectivity index (χ0v) is 9.50. The summed E-state index contributed by atoms with van der Waals surface area (Å²) in [4.78, 5) is 22.2. The van der Waals surface area contributed by atoms with Crippen molar-refractivity contribution in [3.8, 4) is 5.75 Å². The molecule has 2 aromatic rings. The smallest absolute Gasteiger partial charge is 0.343 e. The molecule has 0 saturated heterocycles. The molecule has 0 bridgehead atoms. The van der Waals surface area contributed by atoms with Crippen LogP contribution in [0, 0.1) is 0 Å². The molecular formula is C14H11NO3. The van der Waals surface area contributed by atoms with E-state index in [2.05, 4.69) is 0 Å². The maximum atomic E-state index is 11.7. The minimum absolute atomic E-state index is 0.391. The van der Waals surface area contributed by atoms with Crippen molar-refractivity contribution in [3.05, 3.63) is 59.7 Å². The van der Waals surface area contributed by atoms with E-state index in [4.69, 9.17) is 10.5 Å². The van der Waals surface area contributed by atoms with Crippen LogP contribution >= 0.6 is 0 Å². The van der Waals surface area contributed by atoms with Crippen LogP contribution in [0.15, 0.2) is 48.5 Å². The highest BCUT2D eigenvalue weighted by Gasteiger charge is 2.07. The van der Waals surface area contributed by atoms with Crippen LogP contribution in [0.3, 0.4) is 0 Å². The summed E-state index contributed by atoms with van der Waals surface area (Å²) in [5.74, 6) is -0.0729. The number of ether oxygens (including phenoxy) is 1. The van der Waals surface area contributed by atoms with Crippen molar-refractivity contribution in [1.29, 1.82) is 0 Å². The van der Waals surface area contributed by atoms with Crippen molar-refractivity contribution in [2.24, 2.45) is 0 Å². The molecule has 0 radical (unpaired) electrons. The Bertz CT molecular complexity index is 559. The number of benzene rings is 2. The zero-order valence-electron chi connectivity index (χ0n) is 9.50. The lowest BCUT2D eigenvalue weighted by molar-refractivity contribution is 0.0735. The van der Waals surface area contributed by atoms with Crippen LogP contribution in [0.2, 0.25) is 0 Å². The number of anilines is 1. The van der Waals surface area contributed by atoms with Crippen molar-refractivity contribution >= 4 is 17.9 Å². The highest BCUT2D eigenvalue weighted by Crippen LogP contribution is 2.14. The predicted molar refractivity (Wildman–Crippen MR) is 67.6 cm³/mol. The molecule has 0 heterocycles. The van der Waals surface area contributed by atoms with Crippen LogP contribution in [0.25, 0.3) is 0 Å². The predicted octanol–water partition coefficient (Wildman–Crippen LogP) is 2.30. The summed E-state index contributed by atoms with van der Waals surface area (Å²) in [6.45, 7) is 0. The largest absolute Gasteiger partial charge is 0.423 e. The molecule has 0 aliphatic rings. The van der Waals surface area contributed by atoms with E-state index in [9.17, 15) is 9.59 Å². The van der Waals surface area contributed by atoms with Crippen molar-refractivity contribution < 1.29 is 14.3 Å². The van der Waals surface area contributed by atoms with Crippen molar-refractivity contribution in [3.63, 3.8) is 0 Å². The maximum absolute atomic E-state index is 11.7. The molecule has 0 aliphatic heterocycles. The summed E-state index contributed by atoms with van der Waals surface area (Å²) in [6, 6.07) is 12.8. The van der Waals surface area contributed by atoms with E-state index in [0.29, 0.717) is 22.6 Å². The quantitative estimate of drug-likeness (QED) is 0.387. The molecule has 90 valence electrons. The molecule has 0 spiro atoms. The molecule has 18 heavy (non-hydrogen) atoms. The normalized spacial score (nSPS) is 9.78. The third-order valence-corrected chi connectivity index (χ3v) is 2.37. The summed E-state index contributed by atoms with van der Waals surface area (Å²) < 4.78 is 5.14. The maximum Gasteiger partial charge on any atom is 0.343 e. The number of carbonyl (C=O) groups excluding carboxylic acids is 2. The van der Waals surface area contributed by atoms with E-state index in [1.165, 1.54) is 0 Å². The molecule has 0 saturated carbocycles. The van der Waals surface area contributed by atoms with E-state index in [0.717, 1.165) is 6.29 Å². The van der Waals surface area contributed by atoms with Gasteiger partial charge in [0.1, 0.15) is 12.0 Å². The fraction of sp³-hybridized carbons (Fsp3) is 0. The number of esters is 1. The molecule has 0 aromatic heterocycles. The fourth-order valence-electron chi connectivity index (χ4n) is 1.40. The number of nitrogen functional groups attached to an aromatic ring is 1. The van der Waals surface area contributed by atoms with Crippen LogP contribution in [0.5, 0.6) is 5.75 Å². The van der Waals surface area contributed by atoms with Crippen molar-refractivity contribution in [2.45, 2.75) is 0 Å². The summed E-state index contributed by atoms with van der Waals surface area (Å²) in [5, 5.41) is 0. The SMILES string of the molecule is Nc1ccc(C(=O)Oc2ccc(C=O)cc2)cc1. The van der Waals surface area contributed by atoms with E-state index < -0.39 is 5.97 Å². The molecule has 0 amide bonds. The fourth-order valence-corrected chi connectivity index (χ4v) is 1.40. The Labute approximate surface area is 104 Å². The van der Waals surface area contributed by atoms with Gasteiger partial charge in [-0.2, -0.15) is 0 Å². The van der Waals surface area contributed by atoms with Crippen LogP contribution in [-0.2, 0) is 0 Å². The third-order valence-electron chi connectivity index (χ3n) is 2.37. The highest BCUT2D eigenvalue weighted by molar-refractivity contribution is 5.91. The van der Waals surface area contributed by atoms with Crippen LogP contribution in [0.4, 0.5) is 5.69 Å². The lowest BCUT2D eigenvalue weighted by atomic mass is 10.2. The van der Waals surface area contributed by atoms with E-state index in [1.54, 1.807) is 48.5 Å². The molecule has 2 rings (SSSR count). The first-order valence-electron chi connectivity index (χ1n) is 5.32. The van der Waals surface area contributed by atoms with Gasteiger partial charge in [0.2, 0.25) is 0 Å². The molecule has 4 nitrogen and oxygen atoms in total. The average Bonchev–Trinajstić information content (AvgIpc) is 2.40. The first kappa shape index (κ1) is 11.9. The summed E-state index contributed by atoms with van der Waals surface area (Å²) in [6.07, 6.45) is 0.728. The molecular weight excluding hydrogens is 230 g/mol. The number of hydrogen-bond acceptors (Lipinski definition) is 4. The van der Waals surface area contributed by atoms with Gasteiger partial charge in [0.25, 0.3) is 0 Å². The molecule has 2 N–H and O–H groups in total. The highest BCUT2D eigenvalue weighted by atomic mass is 16.5. The number of hydrogen-bond donors (Lipinski definition) is 1. The number of nitrogens with two attached hydrogens (primary N) is 1. The van der Waals surface area contributed by atoms with Gasteiger partial charge in [-0.05, 0) is 48.5 Å². The average molecular weight is 241 g/mol. The lowest BCUT2D eigenvalue weighted by Crippen LogP contribution is -2.08. The van der Waals surface area contributed by atoms with E-state index in [1.807, 2.05) is 0 Å².